The van der Waals surface area contributed by atoms with Crippen molar-refractivity contribution in [3.8, 4) is 5.75 Å². The predicted octanol–water partition coefficient (Wildman–Crippen LogP) is 4.72. The van der Waals surface area contributed by atoms with Crippen molar-refractivity contribution in [2.45, 2.75) is 25.3 Å². The van der Waals surface area contributed by atoms with E-state index in [1.165, 1.54) is 16.9 Å². The topological polar surface area (TPSA) is 67.4 Å². The molecule has 0 radical (unpaired) electrons. The van der Waals surface area contributed by atoms with Crippen LogP contribution in [-0.2, 0) is 11.2 Å². The molecule has 0 unspecified atom stereocenters. The molecular formula is C25H24N2O3S. The number of carbonyl (C=O) groups is 2. The fourth-order valence-corrected chi connectivity index (χ4v) is 4.41. The molecule has 0 fully saturated rings. The van der Waals surface area contributed by atoms with Crippen molar-refractivity contribution in [3.05, 3.63) is 93.3 Å². The van der Waals surface area contributed by atoms with Crippen LogP contribution < -0.4 is 15.4 Å². The normalized spacial score (nSPS) is 15.6. The van der Waals surface area contributed by atoms with E-state index in [4.69, 9.17) is 4.74 Å². The zero-order chi connectivity index (χ0) is 21.6. The summed E-state index contributed by atoms with van der Waals surface area (Å²) in [5, 5.41) is 7.86. The van der Waals surface area contributed by atoms with E-state index in [0.717, 1.165) is 29.7 Å². The maximum absolute atomic E-state index is 13.2. The summed E-state index contributed by atoms with van der Waals surface area (Å²) in [6.45, 7) is 0. The van der Waals surface area contributed by atoms with Crippen LogP contribution in [0.15, 0.2) is 71.7 Å². The molecule has 2 amide bonds. The third kappa shape index (κ3) is 5.03. The Morgan fingerprint density at radius 3 is 2.61 bits per heavy atom. The summed E-state index contributed by atoms with van der Waals surface area (Å²) >= 11 is 1.51. The van der Waals surface area contributed by atoms with Crippen LogP contribution in [0.1, 0.15) is 45.2 Å². The van der Waals surface area contributed by atoms with Crippen LogP contribution in [0.3, 0.4) is 0 Å². The van der Waals surface area contributed by atoms with E-state index in [0.29, 0.717) is 11.3 Å². The van der Waals surface area contributed by atoms with Crippen LogP contribution in [0, 0.1) is 0 Å². The average Bonchev–Trinajstić information content (AvgIpc) is 3.32. The molecule has 1 aromatic heterocycles. The van der Waals surface area contributed by atoms with Crippen molar-refractivity contribution in [1.29, 1.82) is 0 Å². The first kappa shape index (κ1) is 20.9. The third-order valence-corrected chi connectivity index (χ3v) is 6.17. The first-order chi connectivity index (χ1) is 15.1. The highest BCUT2D eigenvalue weighted by atomic mass is 32.1. The number of rotatable bonds is 6. The SMILES string of the molecule is COc1ccc(C(=O)N/C(=C\c2cccs2)C(=O)N[C@H]2CCCc3ccccc32)cc1. The maximum atomic E-state index is 13.2. The second kappa shape index (κ2) is 9.62. The Kier molecular flexibility index (Phi) is 6.48. The highest BCUT2D eigenvalue weighted by Crippen LogP contribution is 2.29. The van der Waals surface area contributed by atoms with Gasteiger partial charge < -0.3 is 15.4 Å². The van der Waals surface area contributed by atoms with Gasteiger partial charge in [0.05, 0.1) is 13.2 Å². The molecule has 2 aromatic carbocycles. The second-order valence-corrected chi connectivity index (χ2v) is 8.35. The molecular weight excluding hydrogens is 408 g/mol. The lowest BCUT2D eigenvalue weighted by Crippen LogP contribution is -2.37. The molecule has 0 aliphatic heterocycles. The Labute approximate surface area is 185 Å². The van der Waals surface area contributed by atoms with Gasteiger partial charge in [0.1, 0.15) is 11.4 Å². The molecule has 5 nitrogen and oxygen atoms in total. The first-order valence-electron chi connectivity index (χ1n) is 10.2. The molecule has 1 heterocycles. The summed E-state index contributed by atoms with van der Waals surface area (Å²) in [4.78, 5) is 26.9. The standard InChI is InChI=1S/C25H24N2O3S/c1-30-19-13-11-18(12-14-19)24(28)27-23(16-20-8-5-15-31-20)25(29)26-22-10-4-7-17-6-2-3-9-21(17)22/h2-3,5-6,8-9,11-16,22H,4,7,10H2,1H3,(H,26,29)(H,27,28)/b23-16-/t22-/m0/s1. The molecule has 3 aromatic rings. The Balaban J connectivity index is 1.55. The fourth-order valence-electron chi connectivity index (χ4n) is 3.75. The van der Waals surface area contributed by atoms with Crippen LogP contribution >= 0.6 is 11.3 Å². The van der Waals surface area contributed by atoms with Crippen LogP contribution in [0.5, 0.6) is 5.75 Å². The number of amides is 2. The molecule has 158 valence electrons. The lowest BCUT2D eigenvalue weighted by atomic mass is 9.87. The van der Waals surface area contributed by atoms with Gasteiger partial charge in [-0.2, -0.15) is 0 Å². The molecule has 1 atom stereocenters. The van der Waals surface area contributed by atoms with Gasteiger partial charge in [0.15, 0.2) is 0 Å². The van der Waals surface area contributed by atoms with Crippen molar-refractivity contribution in [3.63, 3.8) is 0 Å². The van der Waals surface area contributed by atoms with Crippen LogP contribution in [0.4, 0.5) is 0 Å². The van der Waals surface area contributed by atoms with E-state index in [1.54, 1.807) is 37.5 Å². The molecule has 1 aliphatic rings. The zero-order valence-electron chi connectivity index (χ0n) is 17.3. The van der Waals surface area contributed by atoms with E-state index < -0.39 is 0 Å². The van der Waals surface area contributed by atoms with E-state index in [-0.39, 0.29) is 23.6 Å². The van der Waals surface area contributed by atoms with Gasteiger partial charge in [-0.15, -0.1) is 11.3 Å². The van der Waals surface area contributed by atoms with Gasteiger partial charge in [-0.25, -0.2) is 0 Å². The van der Waals surface area contributed by atoms with Crippen molar-refractivity contribution in [2.75, 3.05) is 7.11 Å². The van der Waals surface area contributed by atoms with Gasteiger partial charge in [-0.05, 0) is 72.2 Å². The maximum Gasteiger partial charge on any atom is 0.268 e. The smallest absolute Gasteiger partial charge is 0.268 e. The number of hydrogen-bond donors (Lipinski definition) is 2. The number of fused-ring (bicyclic) bond motifs is 1. The highest BCUT2D eigenvalue weighted by molar-refractivity contribution is 7.10. The fraction of sp³-hybridized carbons (Fsp3) is 0.200. The largest absolute Gasteiger partial charge is 0.497 e. The van der Waals surface area contributed by atoms with Gasteiger partial charge in [-0.3, -0.25) is 9.59 Å². The number of nitrogens with one attached hydrogen (secondary N) is 2. The number of ether oxygens (including phenoxy) is 1. The molecule has 0 saturated heterocycles. The Morgan fingerprint density at radius 2 is 1.87 bits per heavy atom. The lowest BCUT2D eigenvalue weighted by molar-refractivity contribution is -0.118. The van der Waals surface area contributed by atoms with Crippen LogP contribution in [-0.4, -0.2) is 18.9 Å². The molecule has 1 aliphatic carbocycles. The predicted molar refractivity (Wildman–Crippen MR) is 123 cm³/mol. The van der Waals surface area contributed by atoms with Gasteiger partial charge in [-0.1, -0.05) is 30.3 Å². The number of benzene rings is 2. The Bertz CT molecular complexity index is 1090. The van der Waals surface area contributed by atoms with Gasteiger partial charge >= 0.3 is 0 Å². The number of thiophene rings is 1. The molecule has 4 rings (SSSR count). The molecule has 6 heteroatoms. The molecule has 0 bridgehead atoms. The molecule has 31 heavy (non-hydrogen) atoms. The van der Waals surface area contributed by atoms with E-state index >= 15 is 0 Å². The monoisotopic (exact) mass is 432 g/mol. The minimum absolute atomic E-state index is 0.0675. The minimum atomic E-state index is -0.343. The van der Waals surface area contributed by atoms with Crippen LogP contribution in [0.2, 0.25) is 0 Å². The van der Waals surface area contributed by atoms with E-state index in [1.807, 2.05) is 29.6 Å². The van der Waals surface area contributed by atoms with Gasteiger partial charge in [0.25, 0.3) is 11.8 Å². The third-order valence-electron chi connectivity index (χ3n) is 5.35. The number of carbonyl (C=O) groups excluding carboxylic acids is 2. The number of methoxy groups -OCH3 is 1. The number of hydrogen-bond acceptors (Lipinski definition) is 4. The van der Waals surface area contributed by atoms with E-state index in [2.05, 4.69) is 22.8 Å². The summed E-state index contributed by atoms with van der Waals surface area (Å²) in [6.07, 6.45) is 4.64. The summed E-state index contributed by atoms with van der Waals surface area (Å²) in [6, 6.07) is 18.7. The van der Waals surface area contributed by atoms with Crippen molar-refractivity contribution >= 4 is 29.2 Å². The van der Waals surface area contributed by atoms with Crippen molar-refractivity contribution in [1.82, 2.24) is 10.6 Å². The summed E-state index contributed by atoms with van der Waals surface area (Å²) in [5.41, 5.74) is 3.10. The number of aryl methyl sites for hydroxylation is 1. The summed E-state index contributed by atoms with van der Waals surface area (Å²) in [5.74, 6) is 0.0289. The minimum Gasteiger partial charge on any atom is -0.497 e. The molecule has 2 N–H and O–H groups in total. The highest BCUT2D eigenvalue weighted by Gasteiger charge is 2.24. The summed E-state index contributed by atoms with van der Waals surface area (Å²) < 4.78 is 5.15. The molecule has 0 saturated carbocycles. The van der Waals surface area contributed by atoms with Gasteiger partial charge in [0, 0.05) is 10.4 Å². The molecule has 0 spiro atoms. The van der Waals surface area contributed by atoms with E-state index in [9.17, 15) is 9.59 Å². The quantitative estimate of drug-likeness (QED) is 0.554. The zero-order valence-corrected chi connectivity index (χ0v) is 18.1. The van der Waals surface area contributed by atoms with Crippen LogP contribution in [0.25, 0.3) is 6.08 Å². The average molecular weight is 433 g/mol. The van der Waals surface area contributed by atoms with Crippen molar-refractivity contribution in [2.24, 2.45) is 0 Å². The summed E-state index contributed by atoms with van der Waals surface area (Å²) in [7, 11) is 1.57. The second-order valence-electron chi connectivity index (χ2n) is 7.37. The lowest BCUT2D eigenvalue weighted by Gasteiger charge is -2.26. The Morgan fingerprint density at radius 1 is 1.06 bits per heavy atom. The first-order valence-corrected chi connectivity index (χ1v) is 11.1. The Hall–Kier alpha value is -3.38. The van der Waals surface area contributed by atoms with Crippen molar-refractivity contribution < 1.29 is 14.3 Å². The van der Waals surface area contributed by atoms with Gasteiger partial charge in [0.2, 0.25) is 0 Å².